The summed E-state index contributed by atoms with van der Waals surface area (Å²) in [5, 5.41) is 6.50. The van der Waals surface area contributed by atoms with Crippen molar-refractivity contribution in [1.29, 1.82) is 0 Å². The van der Waals surface area contributed by atoms with E-state index in [1.54, 1.807) is 37.1 Å². The molecule has 0 aliphatic heterocycles. The molecule has 7 heteroatoms. The minimum atomic E-state index is -0.462. The Kier molecular flexibility index (Phi) is 7.66. The number of hydrogen-bond donors (Lipinski definition) is 2. The van der Waals surface area contributed by atoms with Crippen LogP contribution in [0, 0.1) is 0 Å². The second kappa shape index (κ2) is 9.74. The van der Waals surface area contributed by atoms with Crippen LogP contribution in [0.15, 0.2) is 48.5 Å². The van der Waals surface area contributed by atoms with Crippen LogP contribution in [0.3, 0.4) is 0 Å². The predicted molar refractivity (Wildman–Crippen MR) is 110 cm³/mol. The van der Waals surface area contributed by atoms with E-state index in [4.69, 9.17) is 23.2 Å². The van der Waals surface area contributed by atoms with Gasteiger partial charge in [-0.1, -0.05) is 53.5 Å². The molecule has 0 spiro atoms. The van der Waals surface area contributed by atoms with E-state index >= 15 is 0 Å². The number of carbonyl (C=O) groups excluding carboxylic acids is 2. The Morgan fingerprint density at radius 1 is 1.04 bits per heavy atom. The zero-order chi connectivity index (χ0) is 20.0. The number of anilines is 1. The van der Waals surface area contributed by atoms with Crippen LogP contribution in [-0.2, 0) is 9.59 Å². The van der Waals surface area contributed by atoms with Gasteiger partial charge in [0.1, 0.15) is 0 Å². The third-order valence-electron chi connectivity index (χ3n) is 4.30. The van der Waals surface area contributed by atoms with Crippen molar-refractivity contribution >= 4 is 40.7 Å². The van der Waals surface area contributed by atoms with Crippen LogP contribution in [0.1, 0.15) is 25.5 Å². The molecule has 2 aromatic rings. The zero-order valence-corrected chi connectivity index (χ0v) is 17.0. The normalized spacial score (nSPS) is 13.1. The number of likely N-dealkylation sites (N-methyl/N-ethyl adjacent to an activating group) is 1. The highest BCUT2D eigenvalue weighted by Crippen LogP contribution is 2.25. The molecule has 0 saturated carbocycles. The first kappa shape index (κ1) is 21.2. The fraction of sp³-hybridized carbons (Fsp3) is 0.300. The van der Waals surface area contributed by atoms with Crippen LogP contribution < -0.4 is 10.6 Å². The first-order valence-corrected chi connectivity index (χ1v) is 9.34. The molecule has 0 bridgehead atoms. The number of hydrogen-bond acceptors (Lipinski definition) is 3. The minimum absolute atomic E-state index is 0.0640. The van der Waals surface area contributed by atoms with E-state index in [1.165, 1.54) is 0 Å². The average molecular weight is 408 g/mol. The molecule has 0 fully saturated rings. The predicted octanol–water partition coefficient (Wildman–Crippen LogP) is 4.13. The smallest absolute Gasteiger partial charge is 0.238 e. The van der Waals surface area contributed by atoms with Gasteiger partial charge in [-0.25, -0.2) is 0 Å². The monoisotopic (exact) mass is 407 g/mol. The third kappa shape index (κ3) is 6.24. The van der Waals surface area contributed by atoms with E-state index in [1.807, 2.05) is 37.3 Å². The van der Waals surface area contributed by atoms with Crippen LogP contribution in [0.25, 0.3) is 0 Å². The number of nitrogens with zero attached hydrogens (tertiary/aromatic N) is 1. The molecular formula is C20H23Cl2N3O2. The first-order chi connectivity index (χ1) is 12.8. The number of rotatable bonds is 7. The number of benzene rings is 2. The molecule has 0 saturated heterocycles. The first-order valence-electron chi connectivity index (χ1n) is 8.58. The Labute approximate surface area is 169 Å². The summed E-state index contributed by atoms with van der Waals surface area (Å²) in [6, 6.07) is 14.0. The molecular weight excluding hydrogens is 385 g/mol. The fourth-order valence-corrected chi connectivity index (χ4v) is 2.80. The standard InChI is InChI=1S/C20H23Cl2N3O2/c1-13(15-7-5-4-6-8-15)23-20(27)14(2)25(3)12-19(26)24-16-9-10-17(21)18(22)11-16/h4-11,13-14H,12H2,1-3H3,(H,23,27)(H,24,26)/t13-,14-/m1/s1. The maximum atomic E-state index is 12.5. The minimum Gasteiger partial charge on any atom is -0.348 e. The van der Waals surface area contributed by atoms with E-state index in [-0.39, 0.29) is 24.4 Å². The Hall–Kier alpha value is -2.08. The van der Waals surface area contributed by atoms with Crippen molar-refractivity contribution in [3.05, 3.63) is 64.1 Å². The van der Waals surface area contributed by atoms with Crippen molar-refractivity contribution in [2.75, 3.05) is 18.9 Å². The molecule has 144 valence electrons. The second-order valence-corrected chi connectivity index (χ2v) is 7.22. The van der Waals surface area contributed by atoms with Crippen LogP contribution in [-0.4, -0.2) is 36.3 Å². The number of carbonyl (C=O) groups is 2. The molecule has 27 heavy (non-hydrogen) atoms. The molecule has 2 atom stereocenters. The lowest BCUT2D eigenvalue weighted by atomic mass is 10.1. The van der Waals surface area contributed by atoms with Gasteiger partial charge in [0, 0.05) is 5.69 Å². The maximum absolute atomic E-state index is 12.5. The van der Waals surface area contributed by atoms with Gasteiger partial charge < -0.3 is 10.6 Å². The van der Waals surface area contributed by atoms with Crippen LogP contribution >= 0.6 is 23.2 Å². The van der Waals surface area contributed by atoms with Crippen molar-refractivity contribution < 1.29 is 9.59 Å². The van der Waals surface area contributed by atoms with Gasteiger partial charge in [-0.05, 0) is 44.7 Å². The molecule has 0 aromatic heterocycles. The fourth-order valence-electron chi connectivity index (χ4n) is 2.50. The lowest BCUT2D eigenvalue weighted by Gasteiger charge is -2.25. The summed E-state index contributed by atoms with van der Waals surface area (Å²) in [6.45, 7) is 3.75. The SMILES string of the molecule is C[C@H](C(=O)N[C@H](C)c1ccccc1)N(C)CC(=O)Nc1ccc(Cl)c(Cl)c1. The topological polar surface area (TPSA) is 61.4 Å². The Balaban J connectivity index is 1.88. The summed E-state index contributed by atoms with van der Waals surface area (Å²) in [5.41, 5.74) is 1.58. The van der Waals surface area contributed by atoms with E-state index in [2.05, 4.69) is 10.6 Å². The highest BCUT2D eigenvalue weighted by atomic mass is 35.5. The van der Waals surface area contributed by atoms with Crippen molar-refractivity contribution in [3.8, 4) is 0 Å². The summed E-state index contributed by atoms with van der Waals surface area (Å²) in [5.74, 6) is -0.386. The van der Waals surface area contributed by atoms with E-state index in [0.717, 1.165) is 5.56 Å². The van der Waals surface area contributed by atoms with E-state index in [9.17, 15) is 9.59 Å². The van der Waals surface area contributed by atoms with Crippen LogP contribution in [0.4, 0.5) is 5.69 Å². The highest BCUT2D eigenvalue weighted by Gasteiger charge is 2.22. The van der Waals surface area contributed by atoms with Crippen LogP contribution in [0.2, 0.25) is 10.0 Å². The summed E-state index contributed by atoms with van der Waals surface area (Å²) >= 11 is 11.8. The lowest BCUT2D eigenvalue weighted by Crippen LogP contribution is -2.46. The molecule has 5 nitrogen and oxygen atoms in total. The maximum Gasteiger partial charge on any atom is 0.238 e. The summed E-state index contributed by atoms with van der Waals surface area (Å²) < 4.78 is 0. The number of nitrogens with one attached hydrogen (secondary N) is 2. The largest absolute Gasteiger partial charge is 0.348 e. The number of amides is 2. The van der Waals surface area contributed by atoms with Crippen molar-refractivity contribution in [2.24, 2.45) is 0 Å². The van der Waals surface area contributed by atoms with Gasteiger partial charge in [0.05, 0.1) is 28.7 Å². The Bertz CT molecular complexity index is 799. The van der Waals surface area contributed by atoms with Gasteiger partial charge in [-0.15, -0.1) is 0 Å². The summed E-state index contributed by atoms with van der Waals surface area (Å²) in [4.78, 5) is 26.4. The van der Waals surface area contributed by atoms with Gasteiger partial charge in [0.15, 0.2) is 0 Å². The Morgan fingerprint density at radius 2 is 1.70 bits per heavy atom. The quantitative estimate of drug-likeness (QED) is 0.724. The average Bonchev–Trinajstić information content (AvgIpc) is 2.64. The van der Waals surface area contributed by atoms with Crippen molar-refractivity contribution in [3.63, 3.8) is 0 Å². The summed E-state index contributed by atoms with van der Waals surface area (Å²) in [7, 11) is 1.73. The highest BCUT2D eigenvalue weighted by molar-refractivity contribution is 6.42. The van der Waals surface area contributed by atoms with E-state index < -0.39 is 6.04 Å². The zero-order valence-electron chi connectivity index (χ0n) is 15.5. The molecule has 0 radical (unpaired) electrons. The molecule has 2 N–H and O–H groups in total. The number of halogens is 2. The second-order valence-electron chi connectivity index (χ2n) is 6.41. The molecule has 0 aliphatic carbocycles. The molecule has 2 amide bonds. The Morgan fingerprint density at radius 3 is 2.33 bits per heavy atom. The third-order valence-corrected chi connectivity index (χ3v) is 5.03. The molecule has 2 aromatic carbocycles. The summed E-state index contributed by atoms with van der Waals surface area (Å²) in [6.07, 6.45) is 0. The van der Waals surface area contributed by atoms with Crippen molar-refractivity contribution in [1.82, 2.24) is 10.2 Å². The van der Waals surface area contributed by atoms with E-state index in [0.29, 0.717) is 15.7 Å². The molecule has 2 rings (SSSR count). The molecule has 0 heterocycles. The van der Waals surface area contributed by atoms with Gasteiger partial charge >= 0.3 is 0 Å². The van der Waals surface area contributed by atoms with Crippen molar-refractivity contribution in [2.45, 2.75) is 25.9 Å². The molecule has 0 unspecified atom stereocenters. The van der Waals surface area contributed by atoms with Crippen LogP contribution in [0.5, 0.6) is 0 Å². The van der Waals surface area contributed by atoms with Gasteiger partial charge in [-0.2, -0.15) is 0 Å². The van der Waals surface area contributed by atoms with Gasteiger partial charge in [0.2, 0.25) is 11.8 Å². The molecule has 0 aliphatic rings. The van der Waals surface area contributed by atoms with Gasteiger partial charge in [0.25, 0.3) is 0 Å². The lowest BCUT2D eigenvalue weighted by molar-refractivity contribution is -0.127. The van der Waals surface area contributed by atoms with Gasteiger partial charge in [-0.3, -0.25) is 14.5 Å².